The molecule has 2 rings (SSSR count). The van der Waals surface area contributed by atoms with Crippen LogP contribution in [0.1, 0.15) is 17.0 Å². The number of hydrogen-bond acceptors (Lipinski definition) is 5. The molecule has 0 unspecified atom stereocenters. The number of aryl methyl sites for hydroxylation is 2. The van der Waals surface area contributed by atoms with Gasteiger partial charge in [-0.15, -0.1) is 0 Å². The number of amides is 1. The van der Waals surface area contributed by atoms with Crippen LogP contribution in [0.3, 0.4) is 0 Å². The molecule has 0 atom stereocenters. The highest BCUT2D eigenvalue weighted by Gasteiger charge is 2.28. The molecule has 8 nitrogen and oxygen atoms in total. The molecule has 0 spiro atoms. The predicted octanol–water partition coefficient (Wildman–Crippen LogP) is -0.558. The Bertz CT molecular complexity index is 598. The average molecular weight is 316 g/mol. The van der Waals surface area contributed by atoms with E-state index in [0.717, 1.165) is 11.3 Å². The number of rotatable bonds is 4. The van der Waals surface area contributed by atoms with Gasteiger partial charge in [0.1, 0.15) is 5.76 Å². The topological polar surface area (TPSA) is 95.8 Å². The van der Waals surface area contributed by atoms with E-state index in [9.17, 15) is 13.2 Å². The predicted molar refractivity (Wildman–Crippen MR) is 75.8 cm³/mol. The standard InChI is InChI=1S/C12H20N4O4S/c1-9-11(10(2)20-14-9)8-12(17)15-4-6-16(7-5-15)21(18,19)13-3/h13H,4-8H2,1-3H3. The summed E-state index contributed by atoms with van der Waals surface area (Å²) >= 11 is 0. The molecular formula is C12H20N4O4S. The van der Waals surface area contributed by atoms with E-state index in [4.69, 9.17) is 4.52 Å². The van der Waals surface area contributed by atoms with Crippen LogP contribution >= 0.6 is 0 Å². The lowest BCUT2D eigenvalue weighted by atomic mass is 10.1. The fourth-order valence-electron chi connectivity index (χ4n) is 2.32. The van der Waals surface area contributed by atoms with E-state index < -0.39 is 10.2 Å². The summed E-state index contributed by atoms with van der Waals surface area (Å²) in [5.41, 5.74) is 1.53. The molecular weight excluding hydrogens is 296 g/mol. The van der Waals surface area contributed by atoms with Gasteiger partial charge < -0.3 is 9.42 Å². The van der Waals surface area contributed by atoms with Crippen molar-refractivity contribution in [1.29, 1.82) is 0 Å². The van der Waals surface area contributed by atoms with Crippen molar-refractivity contribution in [3.8, 4) is 0 Å². The summed E-state index contributed by atoms with van der Waals surface area (Å²) < 4.78 is 32.0. The van der Waals surface area contributed by atoms with Crippen molar-refractivity contribution in [2.24, 2.45) is 0 Å². The van der Waals surface area contributed by atoms with Crippen LogP contribution in [-0.2, 0) is 21.4 Å². The Hall–Kier alpha value is -1.45. The summed E-state index contributed by atoms with van der Waals surface area (Å²) in [5.74, 6) is 0.614. The normalized spacial score (nSPS) is 17.2. The minimum absolute atomic E-state index is 0.0362. The van der Waals surface area contributed by atoms with E-state index in [0.29, 0.717) is 31.9 Å². The van der Waals surface area contributed by atoms with Crippen LogP contribution in [0.2, 0.25) is 0 Å². The minimum atomic E-state index is -3.41. The zero-order valence-corrected chi connectivity index (χ0v) is 13.2. The minimum Gasteiger partial charge on any atom is -0.361 e. The van der Waals surface area contributed by atoms with Crippen molar-refractivity contribution in [3.05, 3.63) is 17.0 Å². The van der Waals surface area contributed by atoms with E-state index in [-0.39, 0.29) is 12.3 Å². The van der Waals surface area contributed by atoms with E-state index in [2.05, 4.69) is 9.88 Å². The van der Waals surface area contributed by atoms with Crippen molar-refractivity contribution < 1.29 is 17.7 Å². The van der Waals surface area contributed by atoms with E-state index in [1.165, 1.54) is 11.4 Å². The van der Waals surface area contributed by atoms with Crippen molar-refractivity contribution in [2.75, 3.05) is 33.2 Å². The first-order valence-corrected chi connectivity index (χ1v) is 8.17. The van der Waals surface area contributed by atoms with Gasteiger partial charge in [0.15, 0.2) is 0 Å². The number of carbonyl (C=O) groups is 1. The Morgan fingerprint density at radius 1 is 1.29 bits per heavy atom. The molecule has 1 fully saturated rings. The Morgan fingerprint density at radius 2 is 1.90 bits per heavy atom. The Balaban J connectivity index is 1.95. The molecule has 2 heterocycles. The summed E-state index contributed by atoms with van der Waals surface area (Å²) in [6.07, 6.45) is 0.236. The molecule has 0 saturated carbocycles. The number of nitrogens with zero attached hydrogens (tertiary/aromatic N) is 3. The molecule has 1 aromatic heterocycles. The number of nitrogens with one attached hydrogen (secondary N) is 1. The highest BCUT2D eigenvalue weighted by molar-refractivity contribution is 7.87. The molecule has 1 saturated heterocycles. The van der Waals surface area contributed by atoms with E-state index in [1.807, 2.05) is 0 Å². The van der Waals surface area contributed by atoms with Gasteiger partial charge in [-0.2, -0.15) is 12.7 Å². The molecule has 1 amide bonds. The fraction of sp³-hybridized carbons (Fsp3) is 0.667. The largest absolute Gasteiger partial charge is 0.361 e. The zero-order valence-electron chi connectivity index (χ0n) is 12.4. The number of aromatic nitrogens is 1. The maximum absolute atomic E-state index is 12.3. The third kappa shape index (κ3) is 3.42. The van der Waals surface area contributed by atoms with Gasteiger partial charge in [0.25, 0.3) is 10.2 Å². The maximum Gasteiger partial charge on any atom is 0.279 e. The van der Waals surface area contributed by atoms with Gasteiger partial charge in [0.05, 0.1) is 12.1 Å². The lowest BCUT2D eigenvalue weighted by molar-refractivity contribution is -0.131. The zero-order chi connectivity index (χ0) is 15.6. The SMILES string of the molecule is CNS(=O)(=O)N1CCN(C(=O)Cc2c(C)noc2C)CC1. The molecule has 0 aromatic carbocycles. The van der Waals surface area contributed by atoms with Gasteiger partial charge in [-0.3, -0.25) is 4.79 Å². The second-order valence-corrected chi connectivity index (χ2v) is 6.84. The lowest BCUT2D eigenvalue weighted by Gasteiger charge is -2.33. The molecule has 1 aliphatic rings. The molecule has 1 aliphatic heterocycles. The quantitative estimate of drug-likeness (QED) is 0.803. The van der Waals surface area contributed by atoms with Gasteiger partial charge in [-0.25, -0.2) is 4.72 Å². The maximum atomic E-state index is 12.3. The van der Waals surface area contributed by atoms with Gasteiger partial charge in [-0.1, -0.05) is 5.16 Å². The third-order valence-corrected chi connectivity index (χ3v) is 5.26. The van der Waals surface area contributed by atoms with E-state index >= 15 is 0 Å². The molecule has 1 aromatic rings. The second kappa shape index (κ2) is 6.12. The first-order valence-electron chi connectivity index (χ1n) is 6.73. The molecule has 0 aliphatic carbocycles. The summed E-state index contributed by atoms with van der Waals surface area (Å²) in [6.45, 7) is 4.97. The summed E-state index contributed by atoms with van der Waals surface area (Å²) in [5, 5.41) is 3.83. The molecule has 9 heteroatoms. The van der Waals surface area contributed by atoms with Crippen LogP contribution < -0.4 is 4.72 Å². The third-order valence-electron chi connectivity index (χ3n) is 3.70. The fourth-order valence-corrected chi connectivity index (χ4v) is 3.23. The lowest BCUT2D eigenvalue weighted by Crippen LogP contribution is -2.53. The number of hydrogen-bond donors (Lipinski definition) is 1. The highest BCUT2D eigenvalue weighted by Crippen LogP contribution is 2.15. The van der Waals surface area contributed by atoms with Crippen molar-refractivity contribution >= 4 is 16.1 Å². The number of carbonyl (C=O) groups excluding carboxylic acids is 1. The van der Waals surface area contributed by atoms with Crippen molar-refractivity contribution in [2.45, 2.75) is 20.3 Å². The van der Waals surface area contributed by atoms with E-state index in [1.54, 1.807) is 18.7 Å². The van der Waals surface area contributed by atoms with Crippen LogP contribution in [0.15, 0.2) is 4.52 Å². The Labute approximate surface area is 124 Å². The molecule has 0 bridgehead atoms. The van der Waals surface area contributed by atoms with Gasteiger partial charge in [0.2, 0.25) is 5.91 Å². The van der Waals surface area contributed by atoms with Crippen LogP contribution in [0.4, 0.5) is 0 Å². The molecule has 21 heavy (non-hydrogen) atoms. The van der Waals surface area contributed by atoms with Crippen LogP contribution in [0.5, 0.6) is 0 Å². The van der Waals surface area contributed by atoms with Gasteiger partial charge in [0, 0.05) is 38.8 Å². The number of piperazine rings is 1. The molecule has 0 radical (unpaired) electrons. The smallest absolute Gasteiger partial charge is 0.279 e. The van der Waals surface area contributed by atoms with Crippen molar-refractivity contribution in [1.82, 2.24) is 19.1 Å². The Morgan fingerprint density at radius 3 is 2.38 bits per heavy atom. The van der Waals surface area contributed by atoms with Crippen molar-refractivity contribution in [3.63, 3.8) is 0 Å². The molecule has 1 N–H and O–H groups in total. The average Bonchev–Trinajstić information content (AvgIpc) is 2.79. The van der Waals surface area contributed by atoms with Crippen LogP contribution in [0.25, 0.3) is 0 Å². The van der Waals surface area contributed by atoms with Crippen LogP contribution in [-0.4, -0.2) is 61.9 Å². The van der Waals surface area contributed by atoms with Gasteiger partial charge >= 0.3 is 0 Å². The second-order valence-electron chi connectivity index (χ2n) is 4.97. The summed E-state index contributed by atoms with van der Waals surface area (Å²) in [6, 6.07) is 0. The Kier molecular flexibility index (Phi) is 4.64. The summed E-state index contributed by atoms with van der Waals surface area (Å²) in [4.78, 5) is 13.9. The summed E-state index contributed by atoms with van der Waals surface area (Å²) in [7, 11) is -2.03. The first kappa shape index (κ1) is 15.9. The first-order chi connectivity index (χ1) is 9.85. The van der Waals surface area contributed by atoms with Crippen LogP contribution in [0, 0.1) is 13.8 Å². The van der Waals surface area contributed by atoms with Gasteiger partial charge in [-0.05, 0) is 13.8 Å². The monoisotopic (exact) mass is 316 g/mol. The highest BCUT2D eigenvalue weighted by atomic mass is 32.2. The molecule has 118 valence electrons.